The highest BCUT2D eigenvalue weighted by Gasteiger charge is 2.48. The van der Waals surface area contributed by atoms with Crippen molar-refractivity contribution in [3.8, 4) is 0 Å². The topological polar surface area (TPSA) is 107 Å². The van der Waals surface area contributed by atoms with Gasteiger partial charge in [-0.1, -0.05) is 6.07 Å². The lowest BCUT2D eigenvalue weighted by Crippen LogP contribution is -2.62. The van der Waals surface area contributed by atoms with E-state index < -0.39 is 17.1 Å². The van der Waals surface area contributed by atoms with E-state index in [0.29, 0.717) is 26.3 Å². The van der Waals surface area contributed by atoms with Gasteiger partial charge in [-0.05, 0) is 26.0 Å². The van der Waals surface area contributed by atoms with Crippen molar-refractivity contribution >= 4 is 17.8 Å². The Hall–Kier alpha value is -2.19. The number of ether oxygens (including phenoxy) is 2. The van der Waals surface area contributed by atoms with Crippen LogP contribution in [-0.4, -0.2) is 59.3 Å². The van der Waals surface area contributed by atoms with E-state index in [0.717, 1.165) is 6.42 Å². The Morgan fingerprint density at radius 3 is 2.79 bits per heavy atom. The second-order valence-corrected chi connectivity index (χ2v) is 6.91. The van der Waals surface area contributed by atoms with Crippen molar-refractivity contribution in [1.82, 2.24) is 9.88 Å². The molecule has 0 saturated carbocycles. The lowest BCUT2D eigenvalue weighted by molar-refractivity contribution is -0.185. The summed E-state index contributed by atoms with van der Waals surface area (Å²) in [6.45, 7) is 5.94. The summed E-state index contributed by atoms with van der Waals surface area (Å²) in [6.07, 6.45) is 0.760. The Morgan fingerprint density at radius 2 is 2.12 bits per heavy atom. The Balaban J connectivity index is 1.74. The number of hydrogen-bond donors (Lipinski definition) is 2. The summed E-state index contributed by atoms with van der Waals surface area (Å²) in [5.74, 6) is -0.349. The van der Waals surface area contributed by atoms with Crippen LogP contribution < -0.4 is 11.1 Å². The molecule has 1 spiro atoms. The number of amides is 3. The average Bonchev–Trinajstić information content (AvgIpc) is 2.93. The summed E-state index contributed by atoms with van der Waals surface area (Å²) in [5, 5.41) is 2.72. The van der Waals surface area contributed by atoms with Crippen molar-refractivity contribution in [3.05, 3.63) is 23.9 Å². The highest BCUT2D eigenvalue weighted by molar-refractivity contribution is 5.92. The fourth-order valence-electron chi connectivity index (χ4n) is 3.28. The van der Waals surface area contributed by atoms with Crippen molar-refractivity contribution in [1.29, 1.82) is 0 Å². The third-order valence-corrected chi connectivity index (χ3v) is 4.13. The lowest BCUT2D eigenvalue weighted by atomic mass is 9.95. The first-order chi connectivity index (χ1) is 11.3. The maximum atomic E-state index is 12.6. The number of nitrogens with two attached hydrogens (primary N) is 1. The first kappa shape index (κ1) is 16.7. The molecule has 3 heterocycles. The van der Waals surface area contributed by atoms with Crippen LogP contribution in [0.3, 0.4) is 0 Å². The number of hydrogen-bond acceptors (Lipinski definition) is 5. The predicted molar refractivity (Wildman–Crippen MR) is 86.7 cm³/mol. The van der Waals surface area contributed by atoms with Gasteiger partial charge in [-0.15, -0.1) is 0 Å². The molecule has 1 aromatic heterocycles. The number of carbonyl (C=O) groups excluding carboxylic acids is 2. The summed E-state index contributed by atoms with van der Waals surface area (Å²) in [4.78, 5) is 29.6. The SMILES string of the molecule is CC1(C)CN(C(=O)Nc2cccc(C(N)=O)n2)CC2(CCOC2)O1. The minimum atomic E-state index is -0.638. The normalized spacial score (nSPS) is 25.7. The number of pyridine rings is 1. The molecule has 2 aliphatic heterocycles. The number of carbonyl (C=O) groups is 2. The molecule has 8 nitrogen and oxygen atoms in total. The Bertz CT molecular complexity index is 655. The Morgan fingerprint density at radius 1 is 1.33 bits per heavy atom. The van der Waals surface area contributed by atoms with E-state index in [-0.39, 0.29) is 17.5 Å². The van der Waals surface area contributed by atoms with Gasteiger partial charge in [-0.3, -0.25) is 10.1 Å². The van der Waals surface area contributed by atoms with Crippen LogP contribution in [0.1, 0.15) is 30.8 Å². The van der Waals surface area contributed by atoms with Crippen LogP contribution in [0, 0.1) is 0 Å². The highest BCUT2D eigenvalue weighted by Crippen LogP contribution is 2.34. The lowest BCUT2D eigenvalue weighted by Gasteiger charge is -2.47. The fraction of sp³-hybridized carbons (Fsp3) is 0.562. The standard InChI is InChI=1S/C16H22N4O4/c1-15(2)8-20(9-16(24-15)6-7-23-10-16)14(22)19-12-5-3-4-11(18-12)13(17)21/h3-5H,6-10H2,1-2H3,(H2,17,21)(H,18,19,22). The number of urea groups is 1. The summed E-state index contributed by atoms with van der Waals surface area (Å²) < 4.78 is 11.7. The molecule has 0 aromatic carbocycles. The molecule has 0 radical (unpaired) electrons. The number of rotatable bonds is 2. The Labute approximate surface area is 140 Å². The van der Waals surface area contributed by atoms with Crippen molar-refractivity contribution in [2.24, 2.45) is 5.73 Å². The van der Waals surface area contributed by atoms with Crippen LogP contribution in [0.15, 0.2) is 18.2 Å². The van der Waals surface area contributed by atoms with Crippen LogP contribution in [-0.2, 0) is 9.47 Å². The second-order valence-electron chi connectivity index (χ2n) is 6.91. The van der Waals surface area contributed by atoms with Gasteiger partial charge in [0.1, 0.15) is 17.1 Å². The number of anilines is 1. The molecule has 8 heteroatoms. The Kier molecular flexibility index (Phi) is 4.18. The molecule has 2 aliphatic rings. The van der Waals surface area contributed by atoms with Crippen molar-refractivity contribution < 1.29 is 19.1 Å². The minimum Gasteiger partial charge on any atom is -0.378 e. The maximum absolute atomic E-state index is 12.6. The van der Waals surface area contributed by atoms with Gasteiger partial charge in [0, 0.05) is 13.0 Å². The summed E-state index contributed by atoms with van der Waals surface area (Å²) >= 11 is 0. The van der Waals surface area contributed by atoms with E-state index in [1.165, 1.54) is 6.07 Å². The van der Waals surface area contributed by atoms with Gasteiger partial charge in [0.15, 0.2) is 0 Å². The molecule has 130 valence electrons. The van der Waals surface area contributed by atoms with Crippen LogP contribution >= 0.6 is 0 Å². The van der Waals surface area contributed by atoms with E-state index in [1.54, 1.807) is 17.0 Å². The molecule has 3 amide bonds. The van der Waals surface area contributed by atoms with E-state index >= 15 is 0 Å². The largest absolute Gasteiger partial charge is 0.378 e. The average molecular weight is 334 g/mol. The van der Waals surface area contributed by atoms with Gasteiger partial charge in [-0.25, -0.2) is 9.78 Å². The number of aromatic nitrogens is 1. The second kappa shape index (κ2) is 6.03. The van der Waals surface area contributed by atoms with Gasteiger partial charge >= 0.3 is 6.03 Å². The monoisotopic (exact) mass is 334 g/mol. The molecule has 3 N–H and O–H groups in total. The van der Waals surface area contributed by atoms with Gasteiger partial charge in [-0.2, -0.15) is 0 Å². The molecule has 3 rings (SSSR count). The number of morpholine rings is 1. The quantitative estimate of drug-likeness (QED) is 0.838. The van der Waals surface area contributed by atoms with Crippen LogP contribution in [0.25, 0.3) is 0 Å². The maximum Gasteiger partial charge on any atom is 0.323 e. The molecular weight excluding hydrogens is 312 g/mol. The molecule has 24 heavy (non-hydrogen) atoms. The van der Waals surface area contributed by atoms with Gasteiger partial charge < -0.3 is 20.1 Å². The fourth-order valence-corrected chi connectivity index (χ4v) is 3.28. The number of nitrogens with zero attached hydrogens (tertiary/aromatic N) is 2. The zero-order chi connectivity index (χ0) is 17.4. The summed E-state index contributed by atoms with van der Waals surface area (Å²) in [6, 6.07) is 4.45. The molecule has 0 bridgehead atoms. The molecule has 2 fully saturated rings. The van der Waals surface area contributed by atoms with Crippen molar-refractivity contribution in [3.63, 3.8) is 0 Å². The summed E-state index contributed by atoms with van der Waals surface area (Å²) in [5.41, 5.74) is 4.40. The van der Waals surface area contributed by atoms with Crippen molar-refractivity contribution in [2.45, 2.75) is 31.5 Å². The van der Waals surface area contributed by atoms with Crippen molar-refractivity contribution in [2.75, 3.05) is 31.6 Å². The van der Waals surface area contributed by atoms with E-state index in [1.807, 2.05) is 13.8 Å². The number of primary amides is 1. The van der Waals surface area contributed by atoms with Crippen LogP contribution in [0.4, 0.5) is 10.6 Å². The molecule has 1 aromatic rings. The van der Waals surface area contributed by atoms with E-state index in [9.17, 15) is 9.59 Å². The smallest absolute Gasteiger partial charge is 0.323 e. The first-order valence-electron chi connectivity index (χ1n) is 7.89. The minimum absolute atomic E-state index is 0.107. The molecule has 1 atom stereocenters. The third-order valence-electron chi connectivity index (χ3n) is 4.13. The summed E-state index contributed by atoms with van der Waals surface area (Å²) in [7, 11) is 0. The molecular formula is C16H22N4O4. The number of nitrogens with one attached hydrogen (secondary N) is 1. The van der Waals surface area contributed by atoms with Gasteiger partial charge in [0.25, 0.3) is 5.91 Å². The van der Waals surface area contributed by atoms with E-state index in [4.69, 9.17) is 15.2 Å². The third kappa shape index (κ3) is 3.49. The molecule has 2 saturated heterocycles. The van der Waals surface area contributed by atoms with Crippen LogP contribution in [0.2, 0.25) is 0 Å². The zero-order valence-electron chi connectivity index (χ0n) is 13.9. The van der Waals surface area contributed by atoms with Gasteiger partial charge in [0.05, 0.1) is 25.3 Å². The first-order valence-corrected chi connectivity index (χ1v) is 7.89. The van der Waals surface area contributed by atoms with Gasteiger partial charge in [0.2, 0.25) is 0 Å². The predicted octanol–water partition coefficient (Wildman–Crippen LogP) is 0.982. The highest BCUT2D eigenvalue weighted by atomic mass is 16.6. The van der Waals surface area contributed by atoms with E-state index in [2.05, 4.69) is 10.3 Å². The zero-order valence-corrected chi connectivity index (χ0v) is 13.9. The molecule has 1 unspecified atom stereocenters. The van der Waals surface area contributed by atoms with Crippen LogP contribution in [0.5, 0.6) is 0 Å². The molecule has 0 aliphatic carbocycles.